The van der Waals surface area contributed by atoms with Crippen LogP contribution >= 0.6 is 0 Å². The number of hydrogen-bond acceptors (Lipinski definition) is 4. The smallest absolute Gasteiger partial charge is 0.408 e. The number of benzene rings is 1. The molecule has 0 saturated heterocycles. The molecule has 0 spiro atoms. The Morgan fingerprint density at radius 3 is 2.48 bits per heavy atom. The summed E-state index contributed by atoms with van der Waals surface area (Å²) in [4.78, 5) is 13.4. The molecule has 21 heavy (non-hydrogen) atoms. The first-order chi connectivity index (χ1) is 9.64. The van der Waals surface area contributed by atoms with E-state index in [0.717, 1.165) is 0 Å². The number of nitrogens with one attached hydrogen (secondary N) is 1. The van der Waals surface area contributed by atoms with Crippen molar-refractivity contribution in [3.63, 3.8) is 0 Å². The minimum atomic E-state index is -0.594. The van der Waals surface area contributed by atoms with Crippen molar-refractivity contribution in [2.45, 2.75) is 32.4 Å². The fourth-order valence-electron chi connectivity index (χ4n) is 1.83. The fourth-order valence-corrected chi connectivity index (χ4v) is 1.83. The molecule has 118 valence electrons. The summed E-state index contributed by atoms with van der Waals surface area (Å²) in [5, 5.41) is 2.65. The first kappa shape index (κ1) is 17.2. The highest BCUT2D eigenvalue weighted by atomic mass is 19.1. The van der Waals surface area contributed by atoms with Crippen LogP contribution < -0.4 is 16.0 Å². The Morgan fingerprint density at radius 1 is 1.43 bits per heavy atom. The lowest BCUT2D eigenvalue weighted by Crippen LogP contribution is -2.37. The van der Waals surface area contributed by atoms with Gasteiger partial charge in [-0.3, -0.25) is 0 Å². The average molecular weight is 297 g/mol. The van der Waals surface area contributed by atoms with Gasteiger partial charge in [-0.1, -0.05) is 6.07 Å². The number of anilines is 1. The summed E-state index contributed by atoms with van der Waals surface area (Å²) >= 11 is 0. The van der Waals surface area contributed by atoms with E-state index in [1.54, 1.807) is 51.9 Å². The van der Waals surface area contributed by atoms with Gasteiger partial charge < -0.3 is 20.7 Å². The Bertz CT molecular complexity index is 498. The van der Waals surface area contributed by atoms with Gasteiger partial charge in [0.2, 0.25) is 0 Å². The number of hydrogen-bond donors (Lipinski definition) is 2. The third kappa shape index (κ3) is 5.23. The van der Waals surface area contributed by atoms with Crippen molar-refractivity contribution >= 4 is 11.8 Å². The van der Waals surface area contributed by atoms with E-state index < -0.39 is 17.7 Å². The summed E-state index contributed by atoms with van der Waals surface area (Å²) in [6.45, 7) is 5.47. The molecule has 1 atom stereocenters. The monoisotopic (exact) mass is 297 g/mol. The fraction of sp³-hybridized carbons (Fsp3) is 0.533. The first-order valence-corrected chi connectivity index (χ1v) is 6.80. The predicted molar refractivity (Wildman–Crippen MR) is 81.9 cm³/mol. The van der Waals surface area contributed by atoms with Crippen LogP contribution in [0.25, 0.3) is 0 Å². The lowest BCUT2D eigenvalue weighted by molar-refractivity contribution is 0.0505. The van der Waals surface area contributed by atoms with Crippen molar-refractivity contribution in [2.24, 2.45) is 5.73 Å². The lowest BCUT2D eigenvalue weighted by atomic mass is 10.1. The molecule has 0 saturated carbocycles. The van der Waals surface area contributed by atoms with Gasteiger partial charge >= 0.3 is 6.09 Å². The topological polar surface area (TPSA) is 67.6 Å². The SMILES string of the molecule is CN(C)c1ccc(C(CN)NC(=O)OC(C)(C)C)cc1F. The van der Waals surface area contributed by atoms with Gasteiger partial charge in [0, 0.05) is 20.6 Å². The van der Waals surface area contributed by atoms with Crippen molar-refractivity contribution in [2.75, 3.05) is 25.5 Å². The lowest BCUT2D eigenvalue weighted by Gasteiger charge is -2.23. The van der Waals surface area contributed by atoms with E-state index in [4.69, 9.17) is 10.5 Å². The van der Waals surface area contributed by atoms with Gasteiger partial charge in [0.25, 0.3) is 0 Å². The molecule has 1 unspecified atom stereocenters. The molecule has 0 heterocycles. The normalized spacial score (nSPS) is 12.7. The summed E-state index contributed by atoms with van der Waals surface area (Å²) in [5.74, 6) is -0.359. The zero-order chi connectivity index (χ0) is 16.2. The van der Waals surface area contributed by atoms with Crippen LogP contribution in [-0.2, 0) is 4.74 Å². The quantitative estimate of drug-likeness (QED) is 0.895. The van der Waals surface area contributed by atoms with Gasteiger partial charge in [-0.2, -0.15) is 0 Å². The summed E-state index contributed by atoms with van der Waals surface area (Å²) in [7, 11) is 3.52. The Hall–Kier alpha value is -1.82. The van der Waals surface area contributed by atoms with Gasteiger partial charge in [-0.05, 0) is 38.5 Å². The number of rotatable bonds is 4. The van der Waals surface area contributed by atoms with Crippen molar-refractivity contribution < 1.29 is 13.9 Å². The molecule has 0 fully saturated rings. The number of nitrogens with zero attached hydrogens (tertiary/aromatic N) is 1. The maximum absolute atomic E-state index is 14.0. The second kappa shape index (κ2) is 6.76. The predicted octanol–water partition coefficient (Wildman–Crippen LogP) is 2.42. The van der Waals surface area contributed by atoms with Crippen LogP contribution in [0, 0.1) is 5.82 Å². The van der Waals surface area contributed by atoms with Crippen LogP contribution in [0.1, 0.15) is 32.4 Å². The van der Waals surface area contributed by atoms with Crippen LogP contribution in [0.5, 0.6) is 0 Å². The molecule has 1 aromatic carbocycles. The van der Waals surface area contributed by atoms with Crippen molar-refractivity contribution in [3.05, 3.63) is 29.6 Å². The molecular weight excluding hydrogens is 273 g/mol. The molecule has 0 bridgehead atoms. The Kier molecular flexibility index (Phi) is 5.54. The zero-order valence-corrected chi connectivity index (χ0v) is 13.2. The molecule has 5 nitrogen and oxygen atoms in total. The van der Waals surface area contributed by atoms with E-state index >= 15 is 0 Å². The van der Waals surface area contributed by atoms with Crippen LogP contribution in [0.15, 0.2) is 18.2 Å². The highest BCUT2D eigenvalue weighted by molar-refractivity contribution is 5.68. The molecular formula is C15H24FN3O2. The van der Waals surface area contributed by atoms with Crippen molar-refractivity contribution in [1.29, 1.82) is 0 Å². The second-order valence-electron chi connectivity index (χ2n) is 6.04. The standard InChI is InChI=1S/C15H24FN3O2/c1-15(2,3)21-14(20)18-12(9-17)10-6-7-13(19(4)5)11(16)8-10/h6-8,12H,9,17H2,1-5H3,(H,18,20). The first-order valence-electron chi connectivity index (χ1n) is 6.80. The maximum atomic E-state index is 14.0. The number of halogens is 1. The third-order valence-electron chi connectivity index (χ3n) is 2.78. The second-order valence-corrected chi connectivity index (χ2v) is 6.04. The Labute approximate surface area is 125 Å². The molecule has 1 aromatic rings. The van der Waals surface area contributed by atoms with Gasteiger partial charge in [-0.15, -0.1) is 0 Å². The molecule has 0 aliphatic heterocycles. The van der Waals surface area contributed by atoms with E-state index in [9.17, 15) is 9.18 Å². The number of alkyl carbamates (subject to hydrolysis) is 1. The van der Waals surface area contributed by atoms with E-state index in [2.05, 4.69) is 5.32 Å². The van der Waals surface area contributed by atoms with E-state index in [-0.39, 0.29) is 12.4 Å². The van der Waals surface area contributed by atoms with Gasteiger partial charge in [0.15, 0.2) is 0 Å². The van der Waals surface area contributed by atoms with Gasteiger partial charge in [0.1, 0.15) is 11.4 Å². The molecule has 0 aromatic heterocycles. The molecule has 1 rings (SSSR count). The average Bonchev–Trinajstić information content (AvgIpc) is 2.33. The largest absolute Gasteiger partial charge is 0.444 e. The summed E-state index contributed by atoms with van der Waals surface area (Å²) in [6.07, 6.45) is -0.574. The Morgan fingerprint density at radius 2 is 2.05 bits per heavy atom. The molecule has 3 N–H and O–H groups in total. The number of ether oxygens (including phenoxy) is 1. The van der Waals surface area contributed by atoms with Crippen LogP contribution in [0.4, 0.5) is 14.9 Å². The van der Waals surface area contributed by atoms with Crippen LogP contribution in [-0.4, -0.2) is 32.3 Å². The molecule has 1 amide bonds. The van der Waals surface area contributed by atoms with Gasteiger partial charge in [-0.25, -0.2) is 9.18 Å². The van der Waals surface area contributed by atoms with E-state index in [1.807, 2.05) is 0 Å². The summed E-state index contributed by atoms with van der Waals surface area (Å²) < 4.78 is 19.2. The minimum absolute atomic E-state index is 0.153. The highest BCUT2D eigenvalue weighted by Gasteiger charge is 2.20. The number of carbonyl (C=O) groups excluding carboxylic acids is 1. The number of carbonyl (C=O) groups is 1. The van der Waals surface area contributed by atoms with Crippen molar-refractivity contribution in [1.82, 2.24) is 5.32 Å². The minimum Gasteiger partial charge on any atom is -0.444 e. The van der Waals surface area contributed by atoms with E-state index in [1.165, 1.54) is 6.07 Å². The molecule has 0 radical (unpaired) electrons. The van der Waals surface area contributed by atoms with Gasteiger partial charge in [0.05, 0.1) is 11.7 Å². The molecule has 0 aliphatic rings. The highest BCUT2D eigenvalue weighted by Crippen LogP contribution is 2.22. The Balaban J connectivity index is 2.86. The van der Waals surface area contributed by atoms with Crippen molar-refractivity contribution in [3.8, 4) is 0 Å². The number of amides is 1. The van der Waals surface area contributed by atoms with Crippen LogP contribution in [0.3, 0.4) is 0 Å². The number of nitrogens with two attached hydrogens (primary N) is 1. The molecule has 6 heteroatoms. The zero-order valence-electron chi connectivity index (χ0n) is 13.2. The third-order valence-corrected chi connectivity index (χ3v) is 2.78. The summed E-state index contributed by atoms with van der Waals surface area (Å²) in [6, 6.07) is 4.28. The molecule has 0 aliphatic carbocycles. The summed E-state index contributed by atoms with van der Waals surface area (Å²) in [5.41, 5.74) is 6.15. The van der Waals surface area contributed by atoms with E-state index in [0.29, 0.717) is 11.3 Å². The van der Waals surface area contributed by atoms with Crippen LogP contribution in [0.2, 0.25) is 0 Å². The maximum Gasteiger partial charge on any atom is 0.408 e.